The summed E-state index contributed by atoms with van der Waals surface area (Å²) in [5.74, 6) is -0.0942. The number of aliphatic carboxylic acids is 1. The van der Waals surface area contributed by atoms with Gasteiger partial charge in [0.25, 0.3) is 5.89 Å². The highest BCUT2D eigenvalue weighted by atomic mass is 16.5. The number of carbonyl (C=O) groups excluding carboxylic acids is 1. The monoisotopic (exact) mass is 323 g/mol. The minimum atomic E-state index is -0.930. The van der Waals surface area contributed by atoms with Crippen LogP contribution in [-0.4, -0.2) is 50.7 Å². The van der Waals surface area contributed by atoms with E-state index in [9.17, 15) is 14.7 Å². The first-order valence-corrected chi connectivity index (χ1v) is 7.97. The smallest absolute Gasteiger partial charge is 0.326 e. The van der Waals surface area contributed by atoms with E-state index in [2.05, 4.69) is 10.1 Å². The van der Waals surface area contributed by atoms with Gasteiger partial charge >= 0.3 is 5.97 Å². The maximum absolute atomic E-state index is 12.5. The predicted molar refractivity (Wildman–Crippen MR) is 77.3 cm³/mol. The van der Waals surface area contributed by atoms with Crippen LogP contribution in [0.4, 0.5) is 0 Å². The van der Waals surface area contributed by atoms with Gasteiger partial charge in [-0.1, -0.05) is 18.0 Å². The van der Waals surface area contributed by atoms with Gasteiger partial charge in [0.05, 0.1) is 0 Å². The first kappa shape index (κ1) is 15.9. The lowest BCUT2D eigenvalue weighted by atomic mass is 9.85. The quantitative estimate of drug-likeness (QED) is 0.866. The normalized spacial score (nSPS) is 27.0. The lowest BCUT2D eigenvalue weighted by Crippen LogP contribution is -2.47. The average Bonchev–Trinajstić information content (AvgIpc) is 3.10. The molecule has 3 rings (SSSR count). The standard InChI is InChI=1S/C15H21N3O5/c1-9-16-13(23-17-9)7-22-8-14(19)18-11-5-3-2-4-10(11)6-12(18)15(20)21/h10-12H,2-8H2,1H3,(H,20,21)/t10-,11+,12-/m0/s1. The molecule has 1 aliphatic heterocycles. The van der Waals surface area contributed by atoms with Crippen LogP contribution < -0.4 is 0 Å². The maximum Gasteiger partial charge on any atom is 0.326 e. The van der Waals surface area contributed by atoms with Crippen LogP contribution >= 0.6 is 0 Å². The van der Waals surface area contributed by atoms with Crippen molar-refractivity contribution in [3.8, 4) is 0 Å². The highest BCUT2D eigenvalue weighted by molar-refractivity contribution is 5.85. The number of carbonyl (C=O) groups is 2. The van der Waals surface area contributed by atoms with Gasteiger partial charge in [0.15, 0.2) is 5.82 Å². The molecule has 2 fully saturated rings. The molecular weight excluding hydrogens is 302 g/mol. The van der Waals surface area contributed by atoms with Gasteiger partial charge in [0, 0.05) is 6.04 Å². The first-order valence-electron chi connectivity index (χ1n) is 7.97. The van der Waals surface area contributed by atoms with E-state index in [4.69, 9.17) is 9.26 Å². The summed E-state index contributed by atoms with van der Waals surface area (Å²) in [4.78, 5) is 29.5. The van der Waals surface area contributed by atoms with E-state index < -0.39 is 12.0 Å². The summed E-state index contributed by atoms with van der Waals surface area (Å²) in [7, 11) is 0. The summed E-state index contributed by atoms with van der Waals surface area (Å²) < 4.78 is 10.2. The molecule has 1 amide bonds. The number of likely N-dealkylation sites (tertiary alicyclic amines) is 1. The van der Waals surface area contributed by atoms with Gasteiger partial charge in [-0.05, 0) is 32.1 Å². The largest absolute Gasteiger partial charge is 0.480 e. The fourth-order valence-corrected chi connectivity index (χ4v) is 3.74. The van der Waals surface area contributed by atoms with Gasteiger partial charge in [-0.2, -0.15) is 4.98 Å². The van der Waals surface area contributed by atoms with Crippen LogP contribution in [-0.2, 0) is 20.9 Å². The highest BCUT2D eigenvalue weighted by Crippen LogP contribution is 2.39. The summed E-state index contributed by atoms with van der Waals surface area (Å²) in [6, 6.07) is -0.698. The van der Waals surface area contributed by atoms with Crippen molar-refractivity contribution < 1.29 is 24.0 Å². The Morgan fingerprint density at radius 2 is 2.17 bits per heavy atom. The molecule has 1 N–H and O–H groups in total. The van der Waals surface area contributed by atoms with E-state index in [-0.39, 0.29) is 25.2 Å². The summed E-state index contributed by atoms with van der Waals surface area (Å²) in [6.45, 7) is 1.57. The number of hydrogen-bond donors (Lipinski definition) is 1. The Labute approximate surface area is 133 Å². The zero-order valence-electron chi connectivity index (χ0n) is 13.1. The molecule has 0 aromatic carbocycles. The highest BCUT2D eigenvalue weighted by Gasteiger charge is 2.47. The molecule has 1 aliphatic carbocycles. The van der Waals surface area contributed by atoms with Crippen molar-refractivity contribution in [3.05, 3.63) is 11.7 Å². The van der Waals surface area contributed by atoms with E-state index in [1.165, 1.54) is 4.90 Å². The van der Waals surface area contributed by atoms with Crippen LogP contribution in [0, 0.1) is 12.8 Å². The van der Waals surface area contributed by atoms with Gasteiger partial charge in [0.1, 0.15) is 19.3 Å². The Kier molecular flexibility index (Phi) is 4.61. The Morgan fingerprint density at radius 3 is 2.87 bits per heavy atom. The van der Waals surface area contributed by atoms with Gasteiger partial charge in [-0.3, -0.25) is 4.79 Å². The number of hydrogen-bond acceptors (Lipinski definition) is 6. The third kappa shape index (κ3) is 3.36. The molecule has 0 spiro atoms. The summed E-state index contributed by atoms with van der Waals surface area (Å²) in [6.07, 6.45) is 4.58. The topological polar surface area (TPSA) is 106 Å². The van der Waals surface area contributed by atoms with Crippen LogP contribution in [0.2, 0.25) is 0 Å². The number of nitrogens with zero attached hydrogens (tertiary/aromatic N) is 3. The molecule has 8 nitrogen and oxygen atoms in total. The molecule has 2 aliphatic rings. The molecule has 1 aromatic heterocycles. The molecule has 23 heavy (non-hydrogen) atoms. The van der Waals surface area contributed by atoms with Gasteiger partial charge in [-0.15, -0.1) is 0 Å². The number of aryl methyl sites for hydroxylation is 1. The number of carboxylic acid groups (broad SMARTS) is 1. The predicted octanol–water partition coefficient (Wildman–Crippen LogP) is 1.14. The minimum absolute atomic E-state index is 0.0339. The van der Waals surface area contributed by atoms with E-state index in [0.717, 1.165) is 25.7 Å². The van der Waals surface area contributed by atoms with Crippen molar-refractivity contribution in [3.63, 3.8) is 0 Å². The Morgan fingerprint density at radius 1 is 1.39 bits per heavy atom. The second kappa shape index (κ2) is 6.66. The number of carboxylic acids is 1. The lowest BCUT2D eigenvalue weighted by Gasteiger charge is -2.32. The summed E-state index contributed by atoms with van der Waals surface area (Å²) in [5.41, 5.74) is 0. The zero-order valence-corrected chi connectivity index (χ0v) is 13.1. The average molecular weight is 323 g/mol. The van der Waals surface area contributed by atoms with Gasteiger partial charge in [0.2, 0.25) is 5.91 Å². The number of ether oxygens (including phenoxy) is 1. The first-order chi connectivity index (χ1) is 11.1. The Bertz CT molecular complexity index is 587. The number of rotatable bonds is 5. The second-order valence-corrected chi connectivity index (χ2v) is 6.23. The van der Waals surface area contributed by atoms with Crippen LogP contribution in [0.15, 0.2) is 4.52 Å². The van der Waals surface area contributed by atoms with Gasteiger partial charge in [-0.25, -0.2) is 4.79 Å². The molecule has 0 bridgehead atoms. The molecule has 1 aromatic rings. The van der Waals surface area contributed by atoms with E-state index in [1.54, 1.807) is 6.92 Å². The van der Waals surface area contributed by atoms with Crippen molar-refractivity contribution in [1.82, 2.24) is 15.0 Å². The second-order valence-electron chi connectivity index (χ2n) is 6.23. The van der Waals surface area contributed by atoms with Crippen LogP contribution in [0.3, 0.4) is 0 Å². The Hall–Kier alpha value is -1.96. The van der Waals surface area contributed by atoms with Gasteiger partial charge < -0.3 is 19.3 Å². The van der Waals surface area contributed by atoms with Crippen molar-refractivity contribution in [2.45, 2.75) is 57.7 Å². The molecule has 2 heterocycles. The van der Waals surface area contributed by atoms with Crippen molar-refractivity contribution in [1.29, 1.82) is 0 Å². The molecule has 1 saturated carbocycles. The van der Waals surface area contributed by atoms with E-state index in [0.29, 0.717) is 24.1 Å². The zero-order chi connectivity index (χ0) is 16.4. The fraction of sp³-hybridized carbons (Fsp3) is 0.733. The van der Waals surface area contributed by atoms with Crippen LogP contribution in [0.1, 0.15) is 43.8 Å². The van der Waals surface area contributed by atoms with Crippen molar-refractivity contribution in [2.24, 2.45) is 5.92 Å². The molecule has 8 heteroatoms. The molecular formula is C15H21N3O5. The summed E-state index contributed by atoms with van der Waals surface area (Å²) in [5, 5.41) is 13.1. The van der Waals surface area contributed by atoms with Crippen LogP contribution in [0.25, 0.3) is 0 Å². The summed E-state index contributed by atoms with van der Waals surface area (Å²) >= 11 is 0. The number of amides is 1. The molecule has 1 saturated heterocycles. The molecule has 0 unspecified atom stereocenters. The third-order valence-corrected chi connectivity index (χ3v) is 4.68. The maximum atomic E-state index is 12.5. The van der Waals surface area contributed by atoms with Crippen molar-refractivity contribution >= 4 is 11.9 Å². The molecule has 3 atom stereocenters. The molecule has 126 valence electrons. The fourth-order valence-electron chi connectivity index (χ4n) is 3.74. The minimum Gasteiger partial charge on any atom is -0.480 e. The number of aromatic nitrogens is 2. The SMILES string of the molecule is Cc1noc(COCC(=O)N2[C@@H]3CCCC[C@H]3C[C@H]2C(=O)O)n1. The molecule has 0 radical (unpaired) electrons. The third-order valence-electron chi connectivity index (χ3n) is 4.68. The van der Waals surface area contributed by atoms with Crippen molar-refractivity contribution in [2.75, 3.05) is 6.61 Å². The van der Waals surface area contributed by atoms with E-state index >= 15 is 0 Å². The number of fused-ring (bicyclic) bond motifs is 1. The Balaban J connectivity index is 1.60. The van der Waals surface area contributed by atoms with Crippen LogP contribution in [0.5, 0.6) is 0 Å². The van der Waals surface area contributed by atoms with E-state index in [1.807, 2.05) is 0 Å². The lowest BCUT2D eigenvalue weighted by molar-refractivity contribution is -0.152.